The van der Waals surface area contributed by atoms with Gasteiger partial charge in [0.1, 0.15) is 12.4 Å². The lowest BCUT2D eigenvalue weighted by Crippen LogP contribution is -2.47. The summed E-state index contributed by atoms with van der Waals surface area (Å²) in [5.41, 5.74) is 1.92. The quantitative estimate of drug-likeness (QED) is 0.724. The Morgan fingerprint density at radius 1 is 1.20 bits per heavy atom. The SMILES string of the molecule is Cc1nc2ccccc2n1CC(=O)N1CCCC(CNC(=O)C2CCCN2)C1.Cl.Cl. The van der Waals surface area contributed by atoms with Crippen LogP contribution < -0.4 is 10.6 Å². The number of piperidine rings is 1. The van der Waals surface area contributed by atoms with Gasteiger partial charge in [-0.1, -0.05) is 12.1 Å². The Morgan fingerprint density at radius 3 is 2.77 bits per heavy atom. The van der Waals surface area contributed by atoms with Crippen LogP contribution in [-0.2, 0) is 16.1 Å². The van der Waals surface area contributed by atoms with Gasteiger partial charge in [0.15, 0.2) is 0 Å². The van der Waals surface area contributed by atoms with Crippen molar-refractivity contribution in [2.24, 2.45) is 5.92 Å². The average Bonchev–Trinajstić information content (AvgIpc) is 3.35. The van der Waals surface area contributed by atoms with E-state index in [0.717, 1.165) is 55.6 Å². The Hall–Kier alpha value is -1.83. The maximum absolute atomic E-state index is 12.9. The molecule has 0 spiro atoms. The Balaban J connectivity index is 0.00000160. The van der Waals surface area contributed by atoms with Gasteiger partial charge in [-0.15, -0.1) is 24.8 Å². The number of hydrogen-bond acceptors (Lipinski definition) is 4. The first-order chi connectivity index (χ1) is 13.6. The van der Waals surface area contributed by atoms with Crippen molar-refractivity contribution >= 4 is 47.7 Å². The lowest BCUT2D eigenvalue weighted by Gasteiger charge is -2.33. The lowest BCUT2D eigenvalue weighted by atomic mass is 9.97. The molecule has 2 aromatic rings. The zero-order valence-electron chi connectivity index (χ0n) is 17.3. The van der Waals surface area contributed by atoms with Crippen molar-refractivity contribution in [3.63, 3.8) is 0 Å². The van der Waals surface area contributed by atoms with Crippen LogP contribution in [0.3, 0.4) is 0 Å². The molecule has 4 rings (SSSR count). The maximum atomic E-state index is 12.9. The van der Waals surface area contributed by atoms with E-state index in [1.807, 2.05) is 40.7 Å². The first-order valence-corrected chi connectivity index (χ1v) is 10.3. The summed E-state index contributed by atoms with van der Waals surface area (Å²) in [4.78, 5) is 31.6. The van der Waals surface area contributed by atoms with Crippen LogP contribution in [0.1, 0.15) is 31.5 Å². The maximum Gasteiger partial charge on any atom is 0.242 e. The second-order valence-corrected chi connectivity index (χ2v) is 7.98. The number of imidazole rings is 1. The molecule has 2 amide bonds. The number of benzene rings is 1. The molecule has 0 aliphatic carbocycles. The Labute approximate surface area is 189 Å². The minimum absolute atomic E-state index is 0. The molecule has 9 heteroatoms. The smallest absolute Gasteiger partial charge is 0.242 e. The number of likely N-dealkylation sites (tertiary alicyclic amines) is 1. The number of nitrogens with zero attached hydrogens (tertiary/aromatic N) is 3. The summed E-state index contributed by atoms with van der Waals surface area (Å²) in [5, 5.41) is 6.31. The van der Waals surface area contributed by atoms with Crippen molar-refractivity contribution in [1.82, 2.24) is 25.1 Å². The van der Waals surface area contributed by atoms with E-state index < -0.39 is 0 Å². The molecule has 3 heterocycles. The third kappa shape index (κ3) is 5.45. The van der Waals surface area contributed by atoms with Crippen LogP contribution in [0.5, 0.6) is 0 Å². The summed E-state index contributed by atoms with van der Waals surface area (Å²) in [6.45, 7) is 5.33. The number of carbonyl (C=O) groups excluding carboxylic acids is 2. The summed E-state index contributed by atoms with van der Waals surface area (Å²) in [6.07, 6.45) is 4.01. The van der Waals surface area contributed by atoms with Gasteiger partial charge in [0.05, 0.1) is 17.1 Å². The Bertz CT molecular complexity index is 866. The fourth-order valence-corrected chi connectivity index (χ4v) is 4.37. The molecule has 2 unspecified atom stereocenters. The Morgan fingerprint density at radius 2 is 2.00 bits per heavy atom. The molecule has 2 saturated heterocycles. The molecule has 7 nitrogen and oxygen atoms in total. The van der Waals surface area contributed by atoms with E-state index in [2.05, 4.69) is 15.6 Å². The first-order valence-electron chi connectivity index (χ1n) is 10.3. The fraction of sp³-hybridized carbons (Fsp3) is 0.571. The zero-order chi connectivity index (χ0) is 19.5. The van der Waals surface area contributed by atoms with Gasteiger partial charge in [-0.05, 0) is 57.2 Å². The average molecular weight is 456 g/mol. The van der Waals surface area contributed by atoms with E-state index in [9.17, 15) is 9.59 Å². The molecule has 2 N–H and O–H groups in total. The second-order valence-electron chi connectivity index (χ2n) is 7.98. The highest BCUT2D eigenvalue weighted by atomic mass is 35.5. The minimum Gasteiger partial charge on any atom is -0.354 e. The van der Waals surface area contributed by atoms with Gasteiger partial charge in [-0.3, -0.25) is 9.59 Å². The van der Waals surface area contributed by atoms with Crippen molar-refractivity contribution in [3.8, 4) is 0 Å². The van der Waals surface area contributed by atoms with Gasteiger partial charge in [-0.2, -0.15) is 0 Å². The van der Waals surface area contributed by atoms with Gasteiger partial charge in [0.2, 0.25) is 11.8 Å². The van der Waals surface area contributed by atoms with Crippen LogP contribution in [-0.4, -0.2) is 58.5 Å². The van der Waals surface area contributed by atoms with E-state index in [4.69, 9.17) is 0 Å². The molecule has 0 saturated carbocycles. The van der Waals surface area contributed by atoms with Crippen LogP contribution >= 0.6 is 24.8 Å². The number of amides is 2. The molecule has 0 radical (unpaired) electrons. The number of fused-ring (bicyclic) bond motifs is 1. The number of rotatable bonds is 5. The van der Waals surface area contributed by atoms with Crippen LogP contribution in [0.2, 0.25) is 0 Å². The van der Waals surface area contributed by atoms with Crippen molar-refractivity contribution in [1.29, 1.82) is 0 Å². The van der Waals surface area contributed by atoms with Gasteiger partial charge in [0.25, 0.3) is 0 Å². The molecule has 0 bridgehead atoms. The Kier molecular flexibility index (Phi) is 8.94. The number of carbonyl (C=O) groups is 2. The molecular formula is C21H31Cl2N5O2. The highest BCUT2D eigenvalue weighted by Gasteiger charge is 2.27. The van der Waals surface area contributed by atoms with Crippen LogP contribution in [0, 0.1) is 12.8 Å². The summed E-state index contributed by atoms with van der Waals surface area (Å²) in [7, 11) is 0. The fourth-order valence-electron chi connectivity index (χ4n) is 4.37. The number of halogens is 2. The highest BCUT2D eigenvalue weighted by molar-refractivity contribution is 5.85. The second kappa shape index (κ2) is 11.0. The predicted octanol–water partition coefficient (Wildman–Crippen LogP) is 2.30. The monoisotopic (exact) mass is 455 g/mol. The highest BCUT2D eigenvalue weighted by Crippen LogP contribution is 2.19. The minimum atomic E-state index is -0.0428. The zero-order valence-corrected chi connectivity index (χ0v) is 18.9. The predicted molar refractivity (Wildman–Crippen MR) is 122 cm³/mol. The van der Waals surface area contributed by atoms with Crippen LogP contribution in [0.15, 0.2) is 24.3 Å². The van der Waals surface area contributed by atoms with Crippen LogP contribution in [0.4, 0.5) is 0 Å². The van der Waals surface area contributed by atoms with Crippen molar-refractivity contribution in [3.05, 3.63) is 30.1 Å². The van der Waals surface area contributed by atoms with Crippen LogP contribution in [0.25, 0.3) is 11.0 Å². The third-order valence-electron chi connectivity index (χ3n) is 5.95. The van der Waals surface area contributed by atoms with Gasteiger partial charge in [-0.25, -0.2) is 4.98 Å². The van der Waals surface area contributed by atoms with Gasteiger partial charge >= 0.3 is 0 Å². The molecule has 30 heavy (non-hydrogen) atoms. The van der Waals surface area contributed by atoms with E-state index in [1.165, 1.54) is 0 Å². The summed E-state index contributed by atoms with van der Waals surface area (Å²) in [6, 6.07) is 7.88. The molecule has 1 aromatic carbocycles. The first kappa shape index (κ1) is 24.4. The lowest BCUT2D eigenvalue weighted by molar-refractivity contribution is -0.133. The molecule has 2 atom stereocenters. The molecule has 2 aliphatic heterocycles. The third-order valence-corrected chi connectivity index (χ3v) is 5.95. The van der Waals surface area contributed by atoms with E-state index in [1.54, 1.807) is 0 Å². The molecule has 166 valence electrons. The number of aromatic nitrogens is 2. The van der Waals surface area contributed by atoms with Crippen molar-refractivity contribution in [2.45, 2.75) is 45.2 Å². The number of aryl methyl sites for hydroxylation is 1. The molecule has 1 aromatic heterocycles. The van der Waals surface area contributed by atoms with Crippen molar-refractivity contribution in [2.75, 3.05) is 26.2 Å². The van der Waals surface area contributed by atoms with E-state index >= 15 is 0 Å². The molecule has 2 fully saturated rings. The summed E-state index contributed by atoms with van der Waals surface area (Å²) < 4.78 is 1.99. The summed E-state index contributed by atoms with van der Waals surface area (Å²) in [5.74, 6) is 1.41. The number of hydrogen-bond donors (Lipinski definition) is 2. The van der Waals surface area contributed by atoms with Gasteiger partial charge in [0, 0.05) is 19.6 Å². The standard InChI is InChI=1S/C21H29N5O2.2ClH/c1-15-24-17-7-2-3-9-19(17)26(15)14-20(27)25-11-5-6-16(13-25)12-23-21(28)18-8-4-10-22-18;;/h2-3,7,9,16,18,22H,4-6,8,10-14H2,1H3,(H,23,28);2*1H. The largest absolute Gasteiger partial charge is 0.354 e. The van der Waals surface area contributed by atoms with E-state index in [0.29, 0.717) is 25.6 Å². The normalized spacial score (nSPS) is 21.0. The van der Waals surface area contributed by atoms with E-state index in [-0.39, 0.29) is 42.7 Å². The number of para-hydroxylation sites is 2. The van der Waals surface area contributed by atoms with Gasteiger partial charge < -0.3 is 20.1 Å². The number of nitrogens with one attached hydrogen (secondary N) is 2. The topological polar surface area (TPSA) is 79.3 Å². The molecule has 2 aliphatic rings. The van der Waals surface area contributed by atoms with Crippen molar-refractivity contribution < 1.29 is 9.59 Å². The summed E-state index contributed by atoms with van der Waals surface area (Å²) >= 11 is 0. The molecular weight excluding hydrogens is 425 g/mol.